The Morgan fingerprint density at radius 2 is 1.95 bits per heavy atom. The minimum atomic E-state index is -4.14. The first kappa shape index (κ1) is 16.1. The summed E-state index contributed by atoms with van der Waals surface area (Å²) in [7, 11) is -4.14. The molecule has 0 atom stereocenters. The van der Waals surface area contributed by atoms with Gasteiger partial charge in [0, 0.05) is 0 Å². The van der Waals surface area contributed by atoms with Gasteiger partial charge in [-0.15, -0.1) is 0 Å². The van der Waals surface area contributed by atoms with Crippen LogP contribution in [0.3, 0.4) is 0 Å². The highest BCUT2D eigenvalue weighted by atomic mass is 79.9. The Bertz CT molecular complexity index is 812. The third-order valence-electron chi connectivity index (χ3n) is 2.84. The zero-order valence-electron chi connectivity index (χ0n) is 10.8. The first-order valence-electron chi connectivity index (χ1n) is 5.75. The number of nitrogens with two attached hydrogens (primary N) is 1. The molecule has 2 aromatic carbocycles. The zero-order chi connectivity index (χ0) is 15.8. The molecule has 0 bridgehead atoms. The van der Waals surface area contributed by atoms with Gasteiger partial charge in [-0.2, -0.15) is 0 Å². The van der Waals surface area contributed by atoms with Crippen LogP contribution in [-0.4, -0.2) is 8.42 Å². The molecule has 2 rings (SSSR count). The molecule has 3 N–H and O–H groups in total. The highest BCUT2D eigenvalue weighted by molar-refractivity contribution is 9.10. The molecule has 0 saturated heterocycles. The summed E-state index contributed by atoms with van der Waals surface area (Å²) in [6.07, 6.45) is 0. The molecular formula is C13H11BrClFN2O2S. The van der Waals surface area contributed by atoms with Crippen molar-refractivity contribution >= 4 is 48.9 Å². The van der Waals surface area contributed by atoms with Crippen molar-refractivity contribution in [2.75, 3.05) is 10.5 Å². The predicted octanol–water partition coefficient (Wildman–Crippen LogP) is 3.93. The van der Waals surface area contributed by atoms with Gasteiger partial charge in [-0.3, -0.25) is 4.72 Å². The number of nitrogen functional groups attached to an aromatic ring is 1. The van der Waals surface area contributed by atoms with Crippen LogP contribution in [0.4, 0.5) is 15.8 Å². The van der Waals surface area contributed by atoms with Gasteiger partial charge in [0.1, 0.15) is 4.90 Å². The van der Waals surface area contributed by atoms with Crippen LogP contribution >= 0.6 is 27.5 Å². The standard InChI is InChI=1S/C13H11BrClFN2O2S/c1-7-4-2-3-5-9(7)18-21(19,20)10-6-8(15)11(14)13(17)12(10)16/h2-6,18H,17H2,1H3. The second-order valence-electron chi connectivity index (χ2n) is 4.32. The first-order chi connectivity index (χ1) is 9.74. The summed E-state index contributed by atoms with van der Waals surface area (Å²) in [5.74, 6) is -1.05. The molecule has 21 heavy (non-hydrogen) atoms. The second kappa shape index (κ2) is 5.82. The molecule has 2 aromatic rings. The summed E-state index contributed by atoms with van der Waals surface area (Å²) in [6.45, 7) is 1.73. The van der Waals surface area contributed by atoms with Crippen LogP contribution in [0.2, 0.25) is 5.02 Å². The molecule has 4 nitrogen and oxygen atoms in total. The molecule has 0 spiro atoms. The third kappa shape index (κ3) is 3.14. The normalized spacial score (nSPS) is 11.4. The van der Waals surface area contributed by atoms with Crippen LogP contribution < -0.4 is 10.5 Å². The fraction of sp³-hybridized carbons (Fsp3) is 0.0769. The molecule has 0 fully saturated rings. The summed E-state index contributed by atoms with van der Waals surface area (Å²) in [5.41, 5.74) is 6.21. The molecule has 0 radical (unpaired) electrons. The van der Waals surface area contributed by atoms with Crippen LogP contribution in [0, 0.1) is 12.7 Å². The number of para-hydroxylation sites is 1. The summed E-state index contributed by atoms with van der Waals surface area (Å²) in [5, 5.41) is 0.0130. The lowest BCUT2D eigenvalue weighted by molar-refractivity contribution is 0.572. The van der Waals surface area contributed by atoms with E-state index in [1.54, 1.807) is 31.2 Å². The number of aryl methyl sites for hydroxylation is 1. The quantitative estimate of drug-likeness (QED) is 0.613. The minimum Gasteiger partial charge on any atom is -0.395 e. The maximum atomic E-state index is 14.1. The first-order valence-corrected chi connectivity index (χ1v) is 8.41. The van der Waals surface area contributed by atoms with Gasteiger partial charge in [0.2, 0.25) is 0 Å². The van der Waals surface area contributed by atoms with Crippen molar-refractivity contribution < 1.29 is 12.8 Å². The molecule has 0 aliphatic rings. The lowest BCUT2D eigenvalue weighted by Crippen LogP contribution is -2.16. The summed E-state index contributed by atoms with van der Waals surface area (Å²) in [6, 6.07) is 7.76. The Kier molecular flexibility index (Phi) is 4.46. The van der Waals surface area contributed by atoms with Gasteiger partial charge in [0.25, 0.3) is 10.0 Å². The van der Waals surface area contributed by atoms with E-state index in [0.717, 1.165) is 6.07 Å². The Balaban J connectivity index is 2.53. The smallest absolute Gasteiger partial charge is 0.264 e. The largest absolute Gasteiger partial charge is 0.395 e. The molecule has 0 aliphatic heterocycles. The van der Waals surface area contributed by atoms with Crippen molar-refractivity contribution in [3.63, 3.8) is 0 Å². The lowest BCUT2D eigenvalue weighted by atomic mass is 10.2. The van der Waals surface area contributed by atoms with Crippen LogP contribution in [-0.2, 0) is 10.0 Å². The van der Waals surface area contributed by atoms with Crippen LogP contribution in [0.5, 0.6) is 0 Å². The van der Waals surface area contributed by atoms with E-state index in [-0.39, 0.29) is 15.2 Å². The average molecular weight is 394 g/mol. The number of anilines is 2. The molecule has 112 valence electrons. The Labute approximate surface area is 135 Å². The maximum absolute atomic E-state index is 14.1. The molecule has 0 heterocycles. The van der Waals surface area contributed by atoms with Crippen molar-refractivity contribution in [3.8, 4) is 0 Å². The third-order valence-corrected chi connectivity index (χ3v) is 5.58. The van der Waals surface area contributed by atoms with Gasteiger partial charge in [0.05, 0.1) is 20.9 Å². The highest BCUT2D eigenvalue weighted by Gasteiger charge is 2.24. The Morgan fingerprint density at radius 3 is 2.57 bits per heavy atom. The number of rotatable bonds is 3. The van der Waals surface area contributed by atoms with E-state index < -0.39 is 20.7 Å². The Morgan fingerprint density at radius 1 is 1.33 bits per heavy atom. The van der Waals surface area contributed by atoms with E-state index in [1.165, 1.54) is 0 Å². The molecule has 8 heteroatoms. The van der Waals surface area contributed by atoms with E-state index >= 15 is 0 Å². The average Bonchev–Trinajstić information content (AvgIpc) is 2.42. The van der Waals surface area contributed by atoms with Gasteiger partial charge >= 0.3 is 0 Å². The monoisotopic (exact) mass is 392 g/mol. The van der Waals surface area contributed by atoms with E-state index in [4.69, 9.17) is 17.3 Å². The van der Waals surface area contributed by atoms with Gasteiger partial charge in [-0.25, -0.2) is 12.8 Å². The molecule has 0 amide bonds. The van der Waals surface area contributed by atoms with Crippen molar-refractivity contribution in [2.24, 2.45) is 0 Å². The lowest BCUT2D eigenvalue weighted by Gasteiger charge is -2.13. The second-order valence-corrected chi connectivity index (χ2v) is 7.17. The number of benzene rings is 2. The van der Waals surface area contributed by atoms with Crippen molar-refractivity contribution in [1.29, 1.82) is 0 Å². The Hall–Kier alpha value is -1.31. The van der Waals surface area contributed by atoms with E-state index in [9.17, 15) is 12.8 Å². The number of hydrogen-bond acceptors (Lipinski definition) is 3. The molecular weight excluding hydrogens is 383 g/mol. The maximum Gasteiger partial charge on any atom is 0.264 e. The number of hydrogen-bond donors (Lipinski definition) is 2. The summed E-state index contributed by atoms with van der Waals surface area (Å²) >= 11 is 8.84. The van der Waals surface area contributed by atoms with Gasteiger partial charge in [0.15, 0.2) is 5.82 Å². The van der Waals surface area contributed by atoms with Crippen molar-refractivity contribution in [1.82, 2.24) is 0 Å². The fourth-order valence-corrected chi connectivity index (χ4v) is 3.49. The predicted molar refractivity (Wildman–Crippen MR) is 85.5 cm³/mol. The topological polar surface area (TPSA) is 72.2 Å². The molecule has 0 saturated carbocycles. The van der Waals surface area contributed by atoms with E-state index in [2.05, 4.69) is 20.7 Å². The van der Waals surface area contributed by atoms with Crippen LogP contribution in [0.25, 0.3) is 0 Å². The molecule has 0 aliphatic carbocycles. The van der Waals surface area contributed by atoms with E-state index in [0.29, 0.717) is 11.3 Å². The van der Waals surface area contributed by atoms with Crippen LogP contribution in [0.1, 0.15) is 5.56 Å². The van der Waals surface area contributed by atoms with Gasteiger partial charge in [-0.05, 0) is 40.5 Å². The number of halogens is 3. The number of sulfonamides is 1. The van der Waals surface area contributed by atoms with E-state index in [1.807, 2.05) is 0 Å². The summed E-state index contributed by atoms with van der Waals surface area (Å²) in [4.78, 5) is -0.601. The van der Waals surface area contributed by atoms with Crippen molar-refractivity contribution in [3.05, 3.63) is 51.2 Å². The van der Waals surface area contributed by atoms with Gasteiger partial charge in [-0.1, -0.05) is 29.8 Å². The summed E-state index contributed by atoms with van der Waals surface area (Å²) < 4.78 is 41.2. The molecule has 0 unspecified atom stereocenters. The fourth-order valence-electron chi connectivity index (χ4n) is 1.68. The molecule has 0 aromatic heterocycles. The zero-order valence-corrected chi connectivity index (χ0v) is 14.0. The van der Waals surface area contributed by atoms with Crippen LogP contribution in [0.15, 0.2) is 39.7 Å². The SMILES string of the molecule is Cc1ccccc1NS(=O)(=O)c1cc(Cl)c(Br)c(N)c1F. The minimum absolute atomic E-state index is 0.0130. The highest BCUT2D eigenvalue weighted by Crippen LogP contribution is 2.35. The van der Waals surface area contributed by atoms with Crippen molar-refractivity contribution in [2.45, 2.75) is 11.8 Å². The number of nitrogens with one attached hydrogen (secondary N) is 1. The van der Waals surface area contributed by atoms with Gasteiger partial charge < -0.3 is 5.73 Å².